The molecule has 2 rings (SSSR count). The summed E-state index contributed by atoms with van der Waals surface area (Å²) in [6.07, 6.45) is 0. The van der Waals surface area contributed by atoms with Crippen molar-refractivity contribution in [3.63, 3.8) is 0 Å². The van der Waals surface area contributed by atoms with E-state index in [1.807, 2.05) is 18.2 Å². The number of hydrogen-bond donors (Lipinski definition) is 2. The summed E-state index contributed by atoms with van der Waals surface area (Å²) in [6, 6.07) is 13.4. The molecule has 2 N–H and O–H groups in total. The van der Waals surface area contributed by atoms with Crippen LogP contribution in [0.3, 0.4) is 0 Å². The van der Waals surface area contributed by atoms with Gasteiger partial charge in [-0.3, -0.25) is 4.99 Å². The molecule has 0 amide bonds. The van der Waals surface area contributed by atoms with Crippen molar-refractivity contribution in [1.29, 1.82) is 0 Å². The van der Waals surface area contributed by atoms with E-state index in [0.717, 1.165) is 16.7 Å². The number of aryl methyl sites for hydroxylation is 1. The van der Waals surface area contributed by atoms with Gasteiger partial charge in [0.25, 0.3) is 0 Å². The fraction of sp³-hybridized carbons (Fsp3) is 0.316. The van der Waals surface area contributed by atoms with Gasteiger partial charge in [0, 0.05) is 27.2 Å². The van der Waals surface area contributed by atoms with Gasteiger partial charge in [-0.2, -0.15) is 0 Å². The van der Waals surface area contributed by atoms with E-state index in [0.29, 0.717) is 31.2 Å². The largest absolute Gasteiger partial charge is 0.380 e. The molecular weight excluding hydrogens is 432 g/mol. The number of guanidine groups is 1. The number of nitrogens with one attached hydrogen (secondary N) is 2. The van der Waals surface area contributed by atoms with E-state index >= 15 is 0 Å². The van der Waals surface area contributed by atoms with Gasteiger partial charge in [0.2, 0.25) is 0 Å². The maximum absolute atomic E-state index is 13.6. The minimum absolute atomic E-state index is 0. The van der Waals surface area contributed by atoms with E-state index in [4.69, 9.17) is 4.74 Å². The van der Waals surface area contributed by atoms with Crippen LogP contribution in [-0.4, -0.2) is 20.1 Å². The second-order valence-corrected chi connectivity index (χ2v) is 5.62. The average Bonchev–Trinajstić information content (AvgIpc) is 2.59. The summed E-state index contributed by atoms with van der Waals surface area (Å²) in [5.41, 5.74) is 3.81. The molecule has 0 spiro atoms. The highest BCUT2D eigenvalue weighted by atomic mass is 127. The van der Waals surface area contributed by atoms with Gasteiger partial charge in [0.1, 0.15) is 5.82 Å². The Labute approximate surface area is 165 Å². The molecule has 0 aromatic heterocycles. The molecule has 0 radical (unpaired) electrons. The van der Waals surface area contributed by atoms with Gasteiger partial charge in [-0.25, -0.2) is 4.39 Å². The molecule has 0 heterocycles. The number of ether oxygens (including phenoxy) is 1. The highest BCUT2D eigenvalue weighted by molar-refractivity contribution is 14.0. The number of rotatable bonds is 6. The molecule has 0 bridgehead atoms. The Balaban J connectivity index is 0.00000312. The third-order valence-electron chi connectivity index (χ3n) is 3.68. The molecule has 25 heavy (non-hydrogen) atoms. The zero-order valence-electron chi connectivity index (χ0n) is 14.8. The molecule has 0 unspecified atom stereocenters. The first-order chi connectivity index (χ1) is 11.6. The standard InChI is InChI=1S/C19H24FN3O.HI/c1-14-7-8-16(10-18(14)20)12-23-19(21-2)22-11-15-5-4-6-17(9-15)13-24-3;/h4-10H,11-13H2,1-3H3,(H2,21,22,23);1H. The van der Waals surface area contributed by atoms with Gasteiger partial charge < -0.3 is 15.4 Å². The molecule has 2 aromatic carbocycles. The highest BCUT2D eigenvalue weighted by Crippen LogP contribution is 2.09. The van der Waals surface area contributed by atoms with Gasteiger partial charge in [-0.05, 0) is 35.2 Å². The van der Waals surface area contributed by atoms with Crippen LogP contribution in [0.5, 0.6) is 0 Å². The molecule has 6 heteroatoms. The fourth-order valence-electron chi connectivity index (χ4n) is 2.33. The number of hydrogen-bond acceptors (Lipinski definition) is 2. The molecule has 0 aliphatic heterocycles. The third-order valence-corrected chi connectivity index (χ3v) is 3.68. The molecule has 0 atom stereocenters. The summed E-state index contributed by atoms with van der Waals surface area (Å²) in [5, 5.41) is 6.45. The van der Waals surface area contributed by atoms with Crippen LogP contribution in [-0.2, 0) is 24.4 Å². The Morgan fingerprint density at radius 3 is 2.28 bits per heavy atom. The second-order valence-electron chi connectivity index (χ2n) is 5.62. The Bertz CT molecular complexity index is 707. The number of halogens is 2. The first-order valence-electron chi connectivity index (χ1n) is 7.88. The van der Waals surface area contributed by atoms with Crippen LogP contribution in [0.2, 0.25) is 0 Å². The van der Waals surface area contributed by atoms with Gasteiger partial charge in [-0.1, -0.05) is 36.4 Å². The number of benzene rings is 2. The van der Waals surface area contributed by atoms with Crippen molar-refractivity contribution in [2.24, 2.45) is 4.99 Å². The van der Waals surface area contributed by atoms with E-state index in [-0.39, 0.29) is 29.8 Å². The van der Waals surface area contributed by atoms with Crippen LogP contribution in [0, 0.1) is 12.7 Å². The van der Waals surface area contributed by atoms with E-state index in [2.05, 4.69) is 27.8 Å². The minimum Gasteiger partial charge on any atom is -0.380 e. The van der Waals surface area contributed by atoms with E-state index in [9.17, 15) is 4.39 Å². The molecule has 0 aliphatic rings. The summed E-state index contributed by atoms with van der Waals surface area (Å²) >= 11 is 0. The Morgan fingerprint density at radius 1 is 1.04 bits per heavy atom. The highest BCUT2D eigenvalue weighted by Gasteiger charge is 2.02. The number of methoxy groups -OCH3 is 1. The van der Waals surface area contributed by atoms with Crippen LogP contribution in [0.4, 0.5) is 4.39 Å². The first kappa shape index (κ1) is 21.4. The third kappa shape index (κ3) is 6.99. The minimum atomic E-state index is -0.188. The predicted octanol–water partition coefficient (Wildman–Crippen LogP) is 3.76. The molecule has 2 aromatic rings. The Kier molecular flexibility index (Phi) is 9.44. The van der Waals surface area contributed by atoms with Crippen molar-refractivity contribution < 1.29 is 9.13 Å². The predicted molar refractivity (Wildman–Crippen MR) is 111 cm³/mol. The van der Waals surface area contributed by atoms with Crippen molar-refractivity contribution in [2.75, 3.05) is 14.2 Å². The van der Waals surface area contributed by atoms with Crippen molar-refractivity contribution in [3.8, 4) is 0 Å². The fourth-order valence-corrected chi connectivity index (χ4v) is 2.33. The lowest BCUT2D eigenvalue weighted by Crippen LogP contribution is -2.36. The molecule has 0 saturated heterocycles. The molecule has 136 valence electrons. The number of aliphatic imine (C=N–C) groups is 1. The summed E-state index contributed by atoms with van der Waals surface area (Å²) in [5.74, 6) is 0.486. The maximum Gasteiger partial charge on any atom is 0.191 e. The monoisotopic (exact) mass is 457 g/mol. The zero-order valence-corrected chi connectivity index (χ0v) is 17.1. The SMILES string of the molecule is CN=C(NCc1cccc(COC)c1)NCc1ccc(C)c(F)c1.I. The Morgan fingerprint density at radius 2 is 1.68 bits per heavy atom. The summed E-state index contributed by atoms with van der Waals surface area (Å²) in [6.45, 7) is 3.52. The molecule has 0 aliphatic carbocycles. The summed E-state index contributed by atoms with van der Waals surface area (Å²) in [7, 11) is 3.40. The quantitative estimate of drug-likeness (QED) is 0.395. The van der Waals surface area contributed by atoms with Crippen molar-refractivity contribution in [2.45, 2.75) is 26.6 Å². The topological polar surface area (TPSA) is 45.7 Å². The summed E-state index contributed by atoms with van der Waals surface area (Å²) in [4.78, 5) is 4.19. The first-order valence-corrected chi connectivity index (χ1v) is 7.88. The van der Waals surface area contributed by atoms with Crippen LogP contribution in [0.1, 0.15) is 22.3 Å². The average molecular weight is 457 g/mol. The molecule has 0 fully saturated rings. The van der Waals surface area contributed by atoms with Gasteiger partial charge >= 0.3 is 0 Å². The maximum atomic E-state index is 13.6. The smallest absolute Gasteiger partial charge is 0.191 e. The van der Waals surface area contributed by atoms with Crippen molar-refractivity contribution in [3.05, 3.63) is 70.5 Å². The number of nitrogens with zero attached hydrogens (tertiary/aromatic N) is 1. The molecular formula is C19H25FIN3O. The van der Waals surface area contributed by atoms with E-state index in [1.54, 1.807) is 33.2 Å². The lowest BCUT2D eigenvalue weighted by molar-refractivity contribution is 0.185. The van der Waals surface area contributed by atoms with Crippen LogP contribution in [0.15, 0.2) is 47.5 Å². The Hall–Kier alpha value is -1.67. The lowest BCUT2D eigenvalue weighted by atomic mass is 10.1. The molecule has 4 nitrogen and oxygen atoms in total. The van der Waals surface area contributed by atoms with Gasteiger partial charge in [0.15, 0.2) is 5.96 Å². The van der Waals surface area contributed by atoms with Crippen LogP contribution in [0.25, 0.3) is 0 Å². The van der Waals surface area contributed by atoms with Gasteiger partial charge in [-0.15, -0.1) is 24.0 Å². The van der Waals surface area contributed by atoms with Gasteiger partial charge in [0.05, 0.1) is 6.61 Å². The molecule has 0 saturated carbocycles. The summed E-state index contributed by atoms with van der Waals surface area (Å²) < 4.78 is 18.7. The van der Waals surface area contributed by atoms with E-state index < -0.39 is 0 Å². The van der Waals surface area contributed by atoms with Crippen LogP contribution >= 0.6 is 24.0 Å². The zero-order chi connectivity index (χ0) is 17.4. The second kappa shape index (κ2) is 11.0. The van der Waals surface area contributed by atoms with Crippen molar-refractivity contribution >= 4 is 29.9 Å². The lowest BCUT2D eigenvalue weighted by Gasteiger charge is -2.13. The van der Waals surface area contributed by atoms with E-state index in [1.165, 1.54) is 0 Å². The van der Waals surface area contributed by atoms with Crippen LogP contribution < -0.4 is 10.6 Å². The van der Waals surface area contributed by atoms with Crippen molar-refractivity contribution in [1.82, 2.24) is 10.6 Å². The normalized spacial score (nSPS) is 11.0.